The van der Waals surface area contributed by atoms with E-state index >= 15 is 0 Å². The topological polar surface area (TPSA) is 92.4 Å². The molecule has 198 valence electrons. The number of imidazole rings is 1. The number of amides is 2. The molecule has 0 bridgehead atoms. The average Bonchev–Trinajstić information content (AvgIpc) is 3.55. The number of hydrogen-bond acceptors (Lipinski definition) is 3. The molecule has 8 nitrogen and oxygen atoms in total. The molecule has 1 fully saturated rings. The number of carbonyl (C=O) groups excluding carboxylic acids is 1. The summed E-state index contributed by atoms with van der Waals surface area (Å²) in [5.74, 6) is 2.03. The molecule has 1 aliphatic carbocycles. The van der Waals surface area contributed by atoms with Gasteiger partial charge in [-0.25, -0.2) is 9.78 Å². The number of aromatic nitrogens is 3. The monoisotopic (exact) mass is 513 g/mol. The molecule has 4 aromatic rings. The lowest BCUT2D eigenvalue weighted by atomic mass is 9.97. The van der Waals surface area contributed by atoms with Crippen LogP contribution in [0.4, 0.5) is 4.79 Å². The minimum Gasteiger partial charge on any atom is -0.465 e. The van der Waals surface area contributed by atoms with Crippen molar-refractivity contribution in [3.8, 4) is 11.5 Å². The van der Waals surface area contributed by atoms with E-state index in [-0.39, 0.29) is 11.9 Å². The summed E-state index contributed by atoms with van der Waals surface area (Å²) in [6.07, 6.45) is 2.20. The highest BCUT2D eigenvalue weighted by molar-refractivity contribution is 6.00. The standard InChI is InChI=1S/C30H35N5O3/c1-17(2)20-7-8-22-13-27(35(25(22)11-20)16-19-5-6-19)28-32-24-14-23-21(12-26(24)33(28)4)9-10-34(29(23)36)15-18(3)31-30(37)38/h7-8,11-14,17-19,31H,5-6,9-10,15-16H2,1-4H3,(H,37,38)/t18-/m1/s1. The summed E-state index contributed by atoms with van der Waals surface area (Å²) >= 11 is 0. The Hall–Kier alpha value is -3.81. The third-order valence-electron chi connectivity index (χ3n) is 8.10. The lowest BCUT2D eigenvalue weighted by Crippen LogP contribution is -2.46. The molecule has 0 unspecified atom stereocenters. The second kappa shape index (κ2) is 9.19. The molecule has 2 aromatic carbocycles. The van der Waals surface area contributed by atoms with Crippen LogP contribution in [0.1, 0.15) is 61.0 Å². The Kier molecular flexibility index (Phi) is 5.93. The number of carbonyl (C=O) groups is 2. The normalized spacial score (nSPS) is 16.4. The number of nitrogens with one attached hydrogen (secondary N) is 1. The molecule has 8 heteroatoms. The maximum atomic E-state index is 13.3. The van der Waals surface area contributed by atoms with Crippen LogP contribution in [-0.2, 0) is 20.0 Å². The van der Waals surface area contributed by atoms with Crippen LogP contribution in [0, 0.1) is 5.92 Å². The van der Waals surface area contributed by atoms with Gasteiger partial charge in [-0.2, -0.15) is 0 Å². The van der Waals surface area contributed by atoms with Crippen molar-refractivity contribution in [3.05, 3.63) is 53.1 Å². The molecular formula is C30H35N5O3. The molecule has 2 N–H and O–H groups in total. The van der Waals surface area contributed by atoms with Crippen molar-refractivity contribution in [3.63, 3.8) is 0 Å². The Morgan fingerprint density at radius 1 is 1.13 bits per heavy atom. The first-order valence-corrected chi connectivity index (χ1v) is 13.6. The minimum absolute atomic E-state index is 0.0662. The van der Waals surface area contributed by atoms with Gasteiger partial charge in [-0.15, -0.1) is 0 Å². The molecule has 2 aliphatic rings. The Balaban J connectivity index is 1.40. The molecule has 1 aliphatic heterocycles. The first kappa shape index (κ1) is 24.5. The van der Waals surface area contributed by atoms with Gasteiger partial charge >= 0.3 is 6.09 Å². The van der Waals surface area contributed by atoms with Crippen molar-refractivity contribution in [1.82, 2.24) is 24.3 Å². The van der Waals surface area contributed by atoms with Gasteiger partial charge in [0.2, 0.25) is 0 Å². The van der Waals surface area contributed by atoms with Gasteiger partial charge < -0.3 is 24.5 Å². The number of nitrogens with zero attached hydrogens (tertiary/aromatic N) is 4. The van der Waals surface area contributed by atoms with E-state index in [4.69, 9.17) is 10.1 Å². The quantitative estimate of drug-likeness (QED) is 0.347. The second-order valence-corrected chi connectivity index (χ2v) is 11.4. The fourth-order valence-corrected chi connectivity index (χ4v) is 5.78. The minimum atomic E-state index is -1.08. The van der Waals surface area contributed by atoms with E-state index in [9.17, 15) is 9.59 Å². The fourth-order valence-electron chi connectivity index (χ4n) is 5.78. The lowest BCUT2D eigenvalue weighted by molar-refractivity contribution is 0.0723. The summed E-state index contributed by atoms with van der Waals surface area (Å²) in [4.78, 5) is 31.1. The van der Waals surface area contributed by atoms with Gasteiger partial charge in [0.25, 0.3) is 5.91 Å². The summed E-state index contributed by atoms with van der Waals surface area (Å²) in [6.45, 7) is 8.15. The third-order valence-corrected chi connectivity index (χ3v) is 8.10. The Labute approximate surface area is 222 Å². The fraction of sp³-hybridized carbons (Fsp3) is 0.433. The smallest absolute Gasteiger partial charge is 0.404 e. The van der Waals surface area contributed by atoms with E-state index < -0.39 is 6.09 Å². The van der Waals surface area contributed by atoms with Crippen molar-refractivity contribution in [2.75, 3.05) is 13.1 Å². The number of benzene rings is 2. The van der Waals surface area contributed by atoms with Gasteiger partial charge in [-0.1, -0.05) is 26.0 Å². The van der Waals surface area contributed by atoms with Crippen molar-refractivity contribution in [1.29, 1.82) is 0 Å². The molecule has 0 radical (unpaired) electrons. The Morgan fingerprint density at radius 2 is 1.92 bits per heavy atom. The zero-order valence-electron chi connectivity index (χ0n) is 22.5. The van der Waals surface area contributed by atoms with E-state index in [1.807, 2.05) is 6.07 Å². The number of hydrogen-bond donors (Lipinski definition) is 2. The summed E-state index contributed by atoms with van der Waals surface area (Å²) in [6, 6.07) is 12.7. The van der Waals surface area contributed by atoms with Crippen molar-refractivity contribution in [2.24, 2.45) is 13.0 Å². The lowest BCUT2D eigenvalue weighted by Gasteiger charge is -2.30. The van der Waals surface area contributed by atoms with Crippen LogP contribution in [0.5, 0.6) is 0 Å². The van der Waals surface area contributed by atoms with E-state index in [2.05, 4.69) is 65.7 Å². The number of aryl methyl sites for hydroxylation is 1. The maximum Gasteiger partial charge on any atom is 0.404 e. The van der Waals surface area contributed by atoms with E-state index in [0.717, 1.165) is 47.0 Å². The zero-order chi connectivity index (χ0) is 26.7. The van der Waals surface area contributed by atoms with Crippen LogP contribution in [0.15, 0.2) is 36.4 Å². The van der Waals surface area contributed by atoms with Gasteiger partial charge in [-0.3, -0.25) is 4.79 Å². The maximum absolute atomic E-state index is 13.3. The van der Waals surface area contributed by atoms with Gasteiger partial charge in [0, 0.05) is 49.2 Å². The van der Waals surface area contributed by atoms with E-state index in [1.165, 1.54) is 29.3 Å². The molecular weight excluding hydrogens is 478 g/mol. The zero-order valence-corrected chi connectivity index (χ0v) is 22.5. The van der Waals surface area contributed by atoms with Crippen molar-refractivity contribution in [2.45, 2.75) is 58.5 Å². The summed E-state index contributed by atoms with van der Waals surface area (Å²) in [5.41, 5.74) is 7.23. The first-order chi connectivity index (χ1) is 18.2. The highest BCUT2D eigenvalue weighted by Gasteiger charge is 2.29. The van der Waals surface area contributed by atoms with Gasteiger partial charge in [0.1, 0.15) is 0 Å². The van der Waals surface area contributed by atoms with Crippen LogP contribution >= 0.6 is 0 Å². The molecule has 38 heavy (non-hydrogen) atoms. The molecule has 0 spiro atoms. The first-order valence-electron chi connectivity index (χ1n) is 13.6. The molecule has 2 aromatic heterocycles. The summed E-state index contributed by atoms with van der Waals surface area (Å²) in [5, 5.41) is 12.7. The SMILES string of the molecule is CC(C)c1ccc2cc(-c3nc4cc5c(cc4n3C)CCN(C[C@@H](C)NC(=O)O)C5=O)n(CC3CC3)c2c1. The summed E-state index contributed by atoms with van der Waals surface area (Å²) in [7, 11) is 2.06. The largest absolute Gasteiger partial charge is 0.465 e. The number of rotatable bonds is 7. The van der Waals surface area contributed by atoms with Crippen LogP contribution in [0.3, 0.4) is 0 Å². The molecule has 2 amide bonds. The van der Waals surface area contributed by atoms with Crippen molar-refractivity contribution < 1.29 is 14.7 Å². The average molecular weight is 514 g/mol. The van der Waals surface area contributed by atoms with Gasteiger partial charge in [-0.05, 0) is 73.4 Å². The van der Waals surface area contributed by atoms with Crippen LogP contribution in [0.25, 0.3) is 33.5 Å². The van der Waals surface area contributed by atoms with Crippen LogP contribution in [-0.4, -0.2) is 55.3 Å². The van der Waals surface area contributed by atoms with Gasteiger partial charge in [0.15, 0.2) is 5.82 Å². The molecule has 0 saturated heterocycles. The van der Waals surface area contributed by atoms with Crippen LogP contribution < -0.4 is 5.32 Å². The highest BCUT2D eigenvalue weighted by Crippen LogP contribution is 2.37. The Morgan fingerprint density at radius 3 is 2.63 bits per heavy atom. The summed E-state index contributed by atoms with van der Waals surface area (Å²) < 4.78 is 4.61. The highest BCUT2D eigenvalue weighted by atomic mass is 16.4. The molecule has 6 rings (SSSR count). The molecule has 3 heterocycles. The van der Waals surface area contributed by atoms with Crippen molar-refractivity contribution >= 4 is 33.9 Å². The van der Waals surface area contributed by atoms with Crippen LogP contribution in [0.2, 0.25) is 0 Å². The third kappa shape index (κ3) is 4.31. The van der Waals surface area contributed by atoms with E-state index in [1.54, 1.807) is 11.8 Å². The van der Waals surface area contributed by atoms with Gasteiger partial charge in [0.05, 0.1) is 16.7 Å². The predicted octanol–water partition coefficient (Wildman–Crippen LogP) is 5.38. The Bertz CT molecular complexity index is 1580. The number of fused-ring (bicyclic) bond motifs is 3. The number of carboxylic acid groups (broad SMARTS) is 1. The second-order valence-electron chi connectivity index (χ2n) is 11.4. The molecule has 1 atom stereocenters. The molecule has 1 saturated carbocycles. The predicted molar refractivity (Wildman–Crippen MR) is 149 cm³/mol. The van der Waals surface area contributed by atoms with E-state index in [0.29, 0.717) is 24.6 Å².